The van der Waals surface area contributed by atoms with Crippen molar-refractivity contribution in [2.75, 3.05) is 31.2 Å². The van der Waals surface area contributed by atoms with Crippen molar-refractivity contribution in [2.24, 2.45) is 0 Å². The molecule has 2 fully saturated rings. The largest absolute Gasteiger partial charge is 0.493 e. The van der Waals surface area contributed by atoms with Crippen LogP contribution >= 0.6 is 23.1 Å². The van der Waals surface area contributed by atoms with Crippen LogP contribution in [-0.4, -0.2) is 65.1 Å². The molecule has 0 bridgehead atoms. The fourth-order valence-electron chi connectivity index (χ4n) is 3.84. The summed E-state index contributed by atoms with van der Waals surface area (Å²) in [5.41, 5.74) is 0.800. The first-order valence-electron chi connectivity index (χ1n) is 10.5. The van der Waals surface area contributed by atoms with Gasteiger partial charge in [0.15, 0.2) is 5.01 Å². The van der Waals surface area contributed by atoms with E-state index in [4.69, 9.17) is 10.00 Å². The Hall–Kier alpha value is -2.51. The van der Waals surface area contributed by atoms with Gasteiger partial charge in [-0.2, -0.15) is 17.0 Å². The molecule has 0 radical (unpaired) electrons. The van der Waals surface area contributed by atoms with E-state index < -0.39 is 0 Å². The highest BCUT2D eigenvalue weighted by molar-refractivity contribution is 7.99. The number of nitrogens with one attached hydrogen (secondary N) is 2. The number of carbonyl (C=O) groups is 2. The highest BCUT2D eigenvalue weighted by Gasteiger charge is 2.42. The number of thiazole rings is 1. The molecule has 0 unspecified atom stereocenters. The van der Waals surface area contributed by atoms with Gasteiger partial charge in [0.2, 0.25) is 5.91 Å². The Balaban J connectivity index is 1.07. The summed E-state index contributed by atoms with van der Waals surface area (Å²) < 4.78 is 6.67. The van der Waals surface area contributed by atoms with Crippen LogP contribution in [0.3, 0.4) is 0 Å². The van der Waals surface area contributed by atoms with E-state index in [1.54, 1.807) is 0 Å². The van der Waals surface area contributed by atoms with Crippen LogP contribution in [-0.2, 0) is 4.79 Å². The van der Waals surface area contributed by atoms with Crippen molar-refractivity contribution in [1.82, 2.24) is 20.5 Å². The van der Waals surface area contributed by atoms with Crippen molar-refractivity contribution in [2.45, 2.75) is 37.8 Å². The number of rotatable bonds is 10. The summed E-state index contributed by atoms with van der Waals surface area (Å²) in [6.45, 7) is 1.78. The lowest BCUT2D eigenvalue weighted by atomic mass is 10.1. The third-order valence-corrected chi connectivity index (χ3v) is 7.54. The number of ether oxygens (including phenoxy) is 1. The van der Waals surface area contributed by atoms with Gasteiger partial charge in [0.1, 0.15) is 11.8 Å². The number of hydrogen-bond donors (Lipinski definition) is 2. The zero-order valence-electron chi connectivity index (χ0n) is 17.1. The Morgan fingerprint density at radius 1 is 1.35 bits per heavy atom. The molecule has 3 heterocycles. The van der Waals surface area contributed by atoms with Crippen LogP contribution in [0.5, 0.6) is 5.75 Å². The van der Waals surface area contributed by atoms with Crippen LogP contribution in [0.4, 0.5) is 4.79 Å². The highest BCUT2D eigenvalue weighted by atomic mass is 32.2. The quantitative estimate of drug-likeness (QED) is 0.418. The first-order valence-corrected chi connectivity index (χ1v) is 12.5. The molecule has 2 aliphatic rings. The minimum Gasteiger partial charge on any atom is -0.493 e. The minimum absolute atomic E-state index is 0.0373. The number of thioether (sulfide) groups is 1. The van der Waals surface area contributed by atoms with Crippen molar-refractivity contribution < 1.29 is 14.3 Å². The average molecular weight is 460 g/mol. The number of carbonyl (C=O) groups excluding carboxylic acids is 2. The lowest BCUT2D eigenvalue weighted by molar-refractivity contribution is -0.121. The Morgan fingerprint density at radius 3 is 3.13 bits per heavy atom. The molecule has 4 rings (SSSR count). The second-order valence-corrected chi connectivity index (χ2v) is 9.73. The maximum atomic E-state index is 12.0. The lowest BCUT2D eigenvalue weighted by Crippen LogP contribution is -2.36. The molecule has 2 saturated heterocycles. The first-order chi connectivity index (χ1) is 15.1. The maximum Gasteiger partial charge on any atom is 0.318 e. The number of amides is 3. The SMILES string of the molecule is N#Cc1nc2ccc(OCCCNC(=O)CCCCN3C(=O)N[C@@H]4CSC[C@@H]43)cc2s1. The molecular weight excluding hydrogens is 434 g/mol. The van der Waals surface area contributed by atoms with Gasteiger partial charge in [-0.25, -0.2) is 9.78 Å². The predicted molar refractivity (Wildman–Crippen MR) is 121 cm³/mol. The molecule has 2 atom stereocenters. The van der Waals surface area contributed by atoms with Gasteiger partial charge in [-0.05, 0) is 37.5 Å². The Bertz CT molecular complexity index is 989. The van der Waals surface area contributed by atoms with Gasteiger partial charge in [-0.3, -0.25) is 4.79 Å². The Kier molecular flexibility index (Phi) is 7.14. The molecule has 0 spiro atoms. The summed E-state index contributed by atoms with van der Waals surface area (Å²) in [5, 5.41) is 15.3. The van der Waals surface area contributed by atoms with E-state index in [9.17, 15) is 9.59 Å². The number of benzene rings is 1. The summed E-state index contributed by atoms with van der Waals surface area (Å²) in [5.74, 6) is 2.78. The number of nitriles is 1. The molecule has 8 nitrogen and oxygen atoms in total. The van der Waals surface area contributed by atoms with E-state index in [-0.39, 0.29) is 11.9 Å². The van der Waals surface area contributed by atoms with Crippen LogP contribution in [0.1, 0.15) is 30.7 Å². The third kappa shape index (κ3) is 5.40. The van der Waals surface area contributed by atoms with Crippen LogP contribution in [0.15, 0.2) is 18.2 Å². The average Bonchev–Trinajstić information content (AvgIpc) is 3.45. The highest BCUT2D eigenvalue weighted by Crippen LogP contribution is 2.28. The number of unbranched alkanes of at least 4 members (excludes halogenated alkanes) is 1. The van der Waals surface area contributed by atoms with Crippen molar-refractivity contribution in [3.8, 4) is 11.8 Å². The van der Waals surface area contributed by atoms with Gasteiger partial charge in [-0.1, -0.05) is 0 Å². The zero-order valence-corrected chi connectivity index (χ0v) is 18.8. The third-order valence-electron chi connectivity index (χ3n) is 5.44. The van der Waals surface area contributed by atoms with Crippen LogP contribution in [0, 0.1) is 11.3 Å². The van der Waals surface area contributed by atoms with Crippen LogP contribution in [0.2, 0.25) is 0 Å². The second kappa shape index (κ2) is 10.2. The number of hydrogen-bond acceptors (Lipinski definition) is 7. The van der Waals surface area contributed by atoms with Gasteiger partial charge >= 0.3 is 6.03 Å². The lowest BCUT2D eigenvalue weighted by Gasteiger charge is -2.21. The van der Waals surface area contributed by atoms with Crippen LogP contribution < -0.4 is 15.4 Å². The normalized spacial score (nSPS) is 19.8. The first kappa shape index (κ1) is 21.7. The summed E-state index contributed by atoms with van der Waals surface area (Å²) in [6, 6.07) is 8.28. The zero-order chi connectivity index (χ0) is 21.6. The monoisotopic (exact) mass is 459 g/mol. The van der Waals surface area contributed by atoms with Gasteiger partial charge in [-0.15, -0.1) is 11.3 Å². The molecular formula is C21H25N5O3S2. The van der Waals surface area contributed by atoms with E-state index in [2.05, 4.69) is 21.7 Å². The van der Waals surface area contributed by atoms with E-state index in [0.717, 1.165) is 40.3 Å². The molecule has 164 valence electrons. The van der Waals surface area contributed by atoms with Crippen LogP contribution in [0.25, 0.3) is 10.2 Å². The van der Waals surface area contributed by atoms with Crippen molar-refractivity contribution in [1.29, 1.82) is 5.26 Å². The van der Waals surface area contributed by atoms with Crippen molar-refractivity contribution in [3.63, 3.8) is 0 Å². The topological polar surface area (TPSA) is 107 Å². The van der Waals surface area contributed by atoms with Gasteiger partial charge in [0.05, 0.1) is 28.9 Å². The van der Waals surface area contributed by atoms with Gasteiger partial charge in [0.25, 0.3) is 0 Å². The van der Waals surface area contributed by atoms with E-state index in [1.807, 2.05) is 34.9 Å². The molecule has 0 saturated carbocycles. The standard InChI is InChI=1S/C21H25N5O3S2/c22-11-20-24-15-6-5-14(10-18(15)31-20)29-9-3-7-23-19(27)4-1-2-8-26-17-13-30-12-16(17)25-21(26)28/h5-6,10,16-17H,1-4,7-9,12-13H2,(H,23,27)(H,25,28)/t16-,17+/m1/s1. The summed E-state index contributed by atoms with van der Waals surface area (Å²) in [7, 11) is 0. The van der Waals surface area contributed by atoms with Crippen molar-refractivity contribution >= 4 is 45.3 Å². The predicted octanol–water partition coefficient (Wildman–Crippen LogP) is 2.73. The molecule has 2 aliphatic heterocycles. The fourth-order valence-corrected chi connectivity index (χ4v) is 5.98. The van der Waals surface area contributed by atoms with E-state index in [1.165, 1.54) is 11.3 Å². The summed E-state index contributed by atoms with van der Waals surface area (Å²) in [6.07, 6.45) is 2.80. The number of nitrogens with zero attached hydrogens (tertiary/aromatic N) is 3. The van der Waals surface area contributed by atoms with Crippen molar-refractivity contribution in [3.05, 3.63) is 23.2 Å². The number of urea groups is 1. The maximum absolute atomic E-state index is 12.0. The fraction of sp³-hybridized carbons (Fsp3) is 0.524. The molecule has 0 aliphatic carbocycles. The molecule has 1 aromatic heterocycles. The Labute approximate surface area is 189 Å². The Morgan fingerprint density at radius 2 is 2.26 bits per heavy atom. The van der Waals surface area contributed by atoms with E-state index in [0.29, 0.717) is 49.6 Å². The molecule has 2 N–H and O–H groups in total. The summed E-state index contributed by atoms with van der Waals surface area (Å²) >= 11 is 3.23. The number of fused-ring (bicyclic) bond motifs is 2. The molecule has 10 heteroatoms. The molecule has 2 aromatic rings. The minimum atomic E-state index is 0.0373. The smallest absolute Gasteiger partial charge is 0.318 e. The molecule has 1 aromatic carbocycles. The summed E-state index contributed by atoms with van der Waals surface area (Å²) in [4.78, 5) is 30.2. The van der Waals surface area contributed by atoms with Gasteiger partial charge in [0, 0.05) is 31.0 Å². The second-order valence-electron chi connectivity index (χ2n) is 7.62. The number of aromatic nitrogens is 1. The van der Waals surface area contributed by atoms with Gasteiger partial charge < -0.3 is 20.3 Å². The molecule has 3 amide bonds. The molecule has 31 heavy (non-hydrogen) atoms. The van der Waals surface area contributed by atoms with E-state index >= 15 is 0 Å².